The Balaban J connectivity index is 0.000000963. The molecule has 5 heteroatoms. The summed E-state index contributed by atoms with van der Waals surface area (Å²) in [6, 6.07) is 1.92. The second-order valence-corrected chi connectivity index (χ2v) is 5.18. The zero-order valence-electron chi connectivity index (χ0n) is 8.89. The van der Waals surface area contributed by atoms with Gasteiger partial charge >= 0.3 is 0 Å². The minimum Gasteiger partial charge on any atom is -0.338 e. The molecule has 2 aliphatic rings. The molecule has 3 rings (SSSR count). The third kappa shape index (κ3) is 1.97. The maximum absolute atomic E-state index is 12.1. The Morgan fingerprint density at radius 2 is 2.06 bits per heavy atom. The summed E-state index contributed by atoms with van der Waals surface area (Å²) < 4.78 is 0. The van der Waals surface area contributed by atoms with Gasteiger partial charge in [-0.3, -0.25) is 4.79 Å². The lowest BCUT2D eigenvalue weighted by molar-refractivity contribution is 0.0782. The number of hydrogen-bond acceptors (Lipinski definition) is 3. The van der Waals surface area contributed by atoms with Crippen LogP contribution < -0.4 is 5.32 Å². The second kappa shape index (κ2) is 4.73. The van der Waals surface area contributed by atoms with Crippen LogP contribution in [0.5, 0.6) is 0 Å². The lowest BCUT2D eigenvalue weighted by Crippen LogP contribution is -2.31. The first-order valence-corrected chi connectivity index (χ1v) is 6.31. The molecule has 88 valence electrons. The predicted molar refractivity (Wildman–Crippen MR) is 67.3 cm³/mol. The average Bonchev–Trinajstić information content (AvgIpc) is 2.92. The Hall–Kier alpha value is -0.580. The maximum Gasteiger partial charge on any atom is 0.254 e. The van der Waals surface area contributed by atoms with Crippen LogP contribution in [-0.4, -0.2) is 37.0 Å². The van der Waals surface area contributed by atoms with E-state index in [-0.39, 0.29) is 18.3 Å². The van der Waals surface area contributed by atoms with Crippen molar-refractivity contribution in [3.8, 4) is 0 Å². The zero-order valence-corrected chi connectivity index (χ0v) is 10.5. The number of carbonyl (C=O) groups is 1. The van der Waals surface area contributed by atoms with E-state index in [4.69, 9.17) is 0 Å². The van der Waals surface area contributed by atoms with Gasteiger partial charge in [0.05, 0.1) is 5.56 Å². The molecule has 1 amide bonds. The first kappa shape index (κ1) is 11.9. The number of carbonyl (C=O) groups excluding carboxylic acids is 1. The Bertz CT molecular complexity index is 356. The van der Waals surface area contributed by atoms with E-state index in [1.54, 1.807) is 11.3 Å². The molecular weight excluding hydrogens is 244 g/mol. The summed E-state index contributed by atoms with van der Waals surface area (Å²) in [6.45, 7) is 4.04. The Kier molecular flexibility index (Phi) is 3.52. The van der Waals surface area contributed by atoms with Crippen molar-refractivity contribution in [2.75, 3.05) is 26.2 Å². The molecule has 0 aliphatic carbocycles. The third-order valence-corrected chi connectivity index (χ3v) is 4.13. The lowest BCUT2D eigenvalue weighted by Gasteiger charge is -2.16. The number of amides is 1. The molecule has 0 radical (unpaired) electrons. The zero-order chi connectivity index (χ0) is 10.3. The van der Waals surface area contributed by atoms with Crippen LogP contribution in [0.4, 0.5) is 0 Å². The van der Waals surface area contributed by atoms with Gasteiger partial charge in [0.15, 0.2) is 0 Å². The standard InChI is InChI=1S/C11H14N2OS.ClH/c14-11(8-1-2-15-7-8)13-5-9-3-12-4-10(9)6-13;/h1-2,7,9-10,12H,3-6H2;1H. The van der Waals surface area contributed by atoms with E-state index in [0.29, 0.717) is 11.8 Å². The SMILES string of the molecule is Cl.O=C(c1ccsc1)N1CC2CNCC2C1. The summed E-state index contributed by atoms with van der Waals surface area (Å²) in [6.07, 6.45) is 0. The van der Waals surface area contributed by atoms with Gasteiger partial charge in [0, 0.05) is 31.6 Å². The number of halogens is 1. The summed E-state index contributed by atoms with van der Waals surface area (Å²) in [5, 5.41) is 7.29. The Morgan fingerprint density at radius 3 is 2.62 bits per heavy atom. The highest BCUT2D eigenvalue weighted by Gasteiger charge is 2.38. The molecule has 2 atom stereocenters. The summed E-state index contributed by atoms with van der Waals surface area (Å²) in [5.41, 5.74) is 0.855. The lowest BCUT2D eigenvalue weighted by atomic mass is 10.0. The normalized spacial score (nSPS) is 27.6. The van der Waals surface area contributed by atoms with E-state index < -0.39 is 0 Å². The molecule has 0 saturated carbocycles. The highest BCUT2D eigenvalue weighted by Crippen LogP contribution is 2.27. The monoisotopic (exact) mass is 258 g/mol. The van der Waals surface area contributed by atoms with E-state index in [1.165, 1.54) is 0 Å². The number of rotatable bonds is 1. The summed E-state index contributed by atoms with van der Waals surface area (Å²) >= 11 is 1.59. The van der Waals surface area contributed by atoms with Gasteiger partial charge in [0.25, 0.3) is 5.91 Å². The minimum atomic E-state index is 0. The largest absolute Gasteiger partial charge is 0.338 e. The van der Waals surface area contributed by atoms with Crippen molar-refractivity contribution in [1.29, 1.82) is 0 Å². The highest BCUT2D eigenvalue weighted by molar-refractivity contribution is 7.08. The minimum absolute atomic E-state index is 0. The highest BCUT2D eigenvalue weighted by atomic mass is 35.5. The number of nitrogens with one attached hydrogen (secondary N) is 1. The topological polar surface area (TPSA) is 32.3 Å². The summed E-state index contributed by atoms with van der Waals surface area (Å²) in [7, 11) is 0. The van der Waals surface area contributed by atoms with E-state index in [9.17, 15) is 4.79 Å². The summed E-state index contributed by atoms with van der Waals surface area (Å²) in [4.78, 5) is 14.1. The fourth-order valence-corrected chi connectivity index (χ4v) is 3.22. The molecule has 16 heavy (non-hydrogen) atoms. The number of likely N-dealkylation sites (tertiary alicyclic amines) is 1. The van der Waals surface area contributed by atoms with Crippen LogP contribution in [0.25, 0.3) is 0 Å². The van der Waals surface area contributed by atoms with Crippen LogP contribution in [0.2, 0.25) is 0 Å². The molecule has 1 aromatic heterocycles. The van der Waals surface area contributed by atoms with Crippen molar-refractivity contribution in [2.45, 2.75) is 0 Å². The second-order valence-electron chi connectivity index (χ2n) is 4.40. The van der Waals surface area contributed by atoms with Crippen LogP contribution in [0.3, 0.4) is 0 Å². The van der Waals surface area contributed by atoms with Gasteiger partial charge in [0.2, 0.25) is 0 Å². The van der Waals surface area contributed by atoms with E-state index in [2.05, 4.69) is 5.32 Å². The van der Waals surface area contributed by atoms with E-state index >= 15 is 0 Å². The van der Waals surface area contributed by atoms with Crippen LogP contribution in [0.1, 0.15) is 10.4 Å². The van der Waals surface area contributed by atoms with Crippen LogP contribution in [-0.2, 0) is 0 Å². The molecule has 0 aromatic carbocycles. The van der Waals surface area contributed by atoms with Gasteiger partial charge in [-0.05, 0) is 23.3 Å². The van der Waals surface area contributed by atoms with Gasteiger partial charge < -0.3 is 10.2 Å². The van der Waals surface area contributed by atoms with Crippen molar-refractivity contribution in [3.05, 3.63) is 22.4 Å². The third-order valence-electron chi connectivity index (χ3n) is 3.44. The van der Waals surface area contributed by atoms with Gasteiger partial charge in [-0.1, -0.05) is 0 Å². The number of hydrogen-bond donors (Lipinski definition) is 1. The summed E-state index contributed by atoms with van der Waals surface area (Å²) in [5.74, 6) is 1.59. The fourth-order valence-electron chi connectivity index (χ4n) is 2.59. The number of fused-ring (bicyclic) bond motifs is 1. The van der Waals surface area contributed by atoms with Crippen molar-refractivity contribution < 1.29 is 4.79 Å². The van der Waals surface area contributed by atoms with E-state index in [1.807, 2.05) is 21.7 Å². The fraction of sp³-hybridized carbons (Fsp3) is 0.545. The molecular formula is C11H15ClN2OS. The molecule has 3 nitrogen and oxygen atoms in total. The smallest absolute Gasteiger partial charge is 0.254 e. The van der Waals surface area contributed by atoms with Crippen molar-refractivity contribution in [1.82, 2.24) is 10.2 Å². The molecule has 1 N–H and O–H groups in total. The van der Waals surface area contributed by atoms with Gasteiger partial charge in [0.1, 0.15) is 0 Å². The molecule has 0 bridgehead atoms. The van der Waals surface area contributed by atoms with E-state index in [0.717, 1.165) is 31.7 Å². The molecule has 2 aliphatic heterocycles. The Labute approximate surface area is 105 Å². The number of thiophene rings is 1. The first-order chi connectivity index (χ1) is 7.34. The van der Waals surface area contributed by atoms with Gasteiger partial charge in [-0.25, -0.2) is 0 Å². The average molecular weight is 259 g/mol. The van der Waals surface area contributed by atoms with Crippen LogP contribution in [0, 0.1) is 11.8 Å². The Morgan fingerprint density at radius 1 is 1.38 bits per heavy atom. The van der Waals surface area contributed by atoms with Crippen molar-refractivity contribution in [2.24, 2.45) is 11.8 Å². The predicted octanol–water partition coefficient (Wildman–Crippen LogP) is 1.46. The first-order valence-electron chi connectivity index (χ1n) is 5.37. The maximum atomic E-state index is 12.1. The molecule has 2 fully saturated rings. The van der Waals surface area contributed by atoms with Gasteiger partial charge in [-0.15, -0.1) is 12.4 Å². The van der Waals surface area contributed by atoms with Crippen molar-refractivity contribution >= 4 is 29.7 Å². The molecule has 2 saturated heterocycles. The number of nitrogens with zero attached hydrogens (tertiary/aromatic N) is 1. The molecule has 0 spiro atoms. The molecule has 1 aromatic rings. The van der Waals surface area contributed by atoms with Crippen molar-refractivity contribution in [3.63, 3.8) is 0 Å². The quantitative estimate of drug-likeness (QED) is 0.827. The molecule has 3 heterocycles. The van der Waals surface area contributed by atoms with Crippen LogP contribution >= 0.6 is 23.7 Å². The van der Waals surface area contributed by atoms with Crippen LogP contribution in [0.15, 0.2) is 16.8 Å². The molecule has 2 unspecified atom stereocenters. The van der Waals surface area contributed by atoms with Gasteiger partial charge in [-0.2, -0.15) is 11.3 Å².